The minimum Gasteiger partial charge on any atom is -0.464 e. The number of hydrogen-bond acceptors (Lipinski definition) is 4. The molecule has 0 saturated heterocycles. The van der Waals surface area contributed by atoms with Crippen molar-refractivity contribution in [3.63, 3.8) is 0 Å². The number of carbonyl (C=O) groups is 2. The number of benzene rings is 1. The highest BCUT2D eigenvalue weighted by atomic mass is 19.4. The Balaban J connectivity index is 3.29. The van der Waals surface area contributed by atoms with Gasteiger partial charge in [-0.25, -0.2) is 0 Å². The highest BCUT2D eigenvalue weighted by molar-refractivity contribution is 5.77. The van der Waals surface area contributed by atoms with E-state index >= 15 is 0 Å². The molecule has 4 nitrogen and oxygen atoms in total. The third kappa shape index (κ3) is 7.84. The number of alkyl halides is 3. The normalized spacial score (nSPS) is 15.0. The molecule has 1 aromatic rings. The van der Waals surface area contributed by atoms with Crippen LogP contribution in [0.15, 0.2) is 36.4 Å². The van der Waals surface area contributed by atoms with E-state index in [2.05, 4.69) is 0 Å². The van der Waals surface area contributed by atoms with Crippen LogP contribution in [-0.4, -0.2) is 24.1 Å². The van der Waals surface area contributed by atoms with Crippen LogP contribution in [0.1, 0.15) is 65.5 Å². The molecule has 0 spiro atoms. The zero-order valence-corrected chi connectivity index (χ0v) is 18.6. The molecule has 30 heavy (non-hydrogen) atoms. The minimum absolute atomic E-state index is 0.249. The van der Waals surface area contributed by atoms with Crippen LogP contribution in [0.3, 0.4) is 0 Å². The Morgan fingerprint density at radius 1 is 1.00 bits per heavy atom. The van der Waals surface area contributed by atoms with Crippen LogP contribution < -0.4 is 0 Å². The third-order valence-electron chi connectivity index (χ3n) is 4.17. The Kier molecular flexibility index (Phi) is 8.29. The molecular formula is C23H31F3O4. The minimum atomic E-state index is -4.46. The molecule has 0 bridgehead atoms. The van der Waals surface area contributed by atoms with Crippen molar-refractivity contribution in [3.8, 4) is 0 Å². The highest BCUT2D eigenvalue weighted by Crippen LogP contribution is 2.34. The van der Waals surface area contributed by atoms with Gasteiger partial charge in [0, 0.05) is 5.92 Å². The Bertz CT molecular complexity index is 751. The van der Waals surface area contributed by atoms with E-state index < -0.39 is 46.5 Å². The number of rotatable bonds is 6. The van der Waals surface area contributed by atoms with Crippen molar-refractivity contribution in [2.75, 3.05) is 6.61 Å². The second-order valence-electron chi connectivity index (χ2n) is 9.16. The second-order valence-corrected chi connectivity index (χ2v) is 9.16. The standard InChI is InChI=1S/C23H31F3O4/c1-8-9-17(15-10-12-16(13-11-15)23(24,25)26)18(19(27)30-22(5,6)7)14-29-20(28)21(2,3)4/h8-13,17-18H,14H2,1-7H3/b9-8+/t17-,18-/m1/s1. The van der Waals surface area contributed by atoms with Gasteiger partial charge < -0.3 is 9.47 Å². The summed E-state index contributed by atoms with van der Waals surface area (Å²) in [6, 6.07) is 4.60. The fraction of sp³-hybridized carbons (Fsp3) is 0.565. The number of halogens is 3. The summed E-state index contributed by atoms with van der Waals surface area (Å²) < 4.78 is 49.6. The molecular weight excluding hydrogens is 397 g/mol. The summed E-state index contributed by atoms with van der Waals surface area (Å²) in [5.74, 6) is -2.61. The Hall–Kier alpha value is -2.31. The van der Waals surface area contributed by atoms with Gasteiger partial charge in [-0.05, 0) is 66.2 Å². The monoisotopic (exact) mass is 428 g/mol. The van der Waals surface area contributed by atoms with Crippen LogP contribution in [0.2, 0.25) is 0 Å². The van der Waals surface area contributed by atoms with E-state index in [1.54, 1.807) is 60.6 Å². The van der Waals surface area contributed by atoms with Crippen LogP contribution in [-0.2, 0) is 25.2 Å². The first-order valence-electron chi connectivity index (χ1n) is 9.76. The lowest BCUT2D eigenvalue weighted by Crippen LogP contribution is -2.36. The van der Waals surface area contributed by atoms with Gasteiger partial charge in [-0.2, -0.15) is 13.2 Å². The van der Waals surface area contributed by atoms with Gasteiger partial charge in [-0.1, -0.05) is 24.3 Å². The van der Waals surface area contributed by atoms with E-state index in [0.29, 0.717) is 5.56 Å². The lowest BCUT2D eigenvalue weighted by atomic mass is 9.85. The van der Waals surface area contributed by atoms with Crippen molar-refractivity contribution in [1.29, 1.82) is 0 Å². The van der Waals surface area contributed by atoms with E-state index in [9.17, 15) is 22.8 Å². The average Bonchev–Trinajstić information content (AvgIpc) is 2.57. The van der Waals surface area contributed by atoms with Crippen molar-refractivity contribution >= 4 is 11.9 Å². The molecule has 7 heteroatoms. The summed E-state index contributed by atoms with van der Waals surface area (Å²) in [5, 5.41) is 0. The summed E-state index contributed by atoms with van der Waals surface area (Å²) in [6.45, 7) is 11.7. The maximum Gasteiger partial charge on any atom is 0.416 e. The smallest absolute Gasteiger partial charge is 0.416 e. The molecule has 0 amide bonds. The molecule has 2 atom stereocenters. The maximum absolute atomic E-state index is 12.9. The molecule has 0 saturated carbocycles. The Morgan fingerprint density at radius 3 is 1.93 bits per heavy atom. The van der Waals surface area contributed by atoms with Crippen LogP contribution >= 0.6 is 0 Å². The van der Waals surface area contributed by atoms with Gasteiger partial charge in [0.15, 0.2) is 0 Å². The van der Waals surface area contributed by atoms with E-state index in [1.165, 1.54) is 12.1 Å². The van der Waals surface area contributed by atoms with E-state index in [1.807, 2.05) is 0 Å². The molecule has 0 fully saturated rings. The molecule has 0 aliphatic heterocycles. The average molecular weight is 428 g/mol. The maximum atomic E-state index is 12.9. The van der Waals surface area contributed by atoms with Gasteiger partial charge in [0.25, 0.3) is 0 Å². The van der Waals surface area contributed by atoms with E-state index in [-0.39, 0.29) is 6.61 Å². The molecule has 0 unspecified atom stereocenters. The number of ether oxygens (including phenoxy) is 2. The first kappa shape index (κ1) is 25.7. The van der Waals surface area contributed by atoms with Crippen molar-refractivity contribution in [1.82, 2.24) is 0 Å². The number of allylic oxidation sites excluding steroid dienone is 2. The number of esters is 2. The molecule has 0 aromatic heterocycles. The fourth-order valence-corrected chi connectivity index (χ4v) is 2.66. The van der Waals surface area contributed by atoms with Crippen molar-refractivity contribution in [2.24, 2.45) is 11.3 Å². The summed E-state index contributed by atoms with van der Waals surface area (Å²) >= 11 is 0. The number of hydrogen-bond donors (Lipinski definition) is 0. The van der Waals surface area contributed by atoms with Gasteiger partial charge in [0.1, 0.15) is 18.1 Å². The topological polar surface area (TPSA) is 52.6 Å². The fourth-order valence-electron chi connectivity index (χ4n) is 2.66. The summed E-state index contributed by atoms with van der Waals surface area (Å²) in [5.41, 5.74) is -1.82. The van der Waals surface area contributed by atoms with Gasteiger partial charge in [0.2, 0.25) is 0 Å². The summed E-state index contributed by atoms with van der Waals surface area (Å²) in [7, 11) is 0. The summed E-state index contributed by atoms with van der Waals surface area (Å²) in [6.07, 6.45) is -1.06. The van der Waals surface area contributed by atoms with Crippen LogP contribution in [0.5, 0.6) is 0 Å². The van der Waals surface area contributed by atoms with Crippen molar-refractivity contribution < 1.29 is 32.2 Å². The molecule has 168 valence electrons. The van der Waals surface area contributed by atoms with E-state index in [4.69, 9.17) is 9.47 Å². The molecule has 0 N–H and O–H groups in total. The zero-order valence-electron chi connectivity index (χ0n) is 18.6. The quantitative estimate of drug-likeness (QED) is 0.417. The first-order valence-corrected chi connectivity index (χ1v) is 9.76. The largest absolute Gasteiger partial charge is 0.464 e. The van der Waals surface area contributed by atoms with E-state index in [0.717, 1.165) is 12.1 Å². The third-order valence-corrected chi connectivity index (χ3v) is 4.17. The second kappa shape index (κ2) is 9.67. The Morgan fingerprint density at radius 2 is 1.53 bits per heavy atom. The van der Waals surface area contributed by atoms with Crippen LogP contribution in [0.25, 0.3) is 0 Å². The summed E-state index contributed by atoms with van der Waals surface area (Å²) in [4.78, 5) is 25.1. The van der Waals surface area contributed by atoms with Crippen LogP contribution in [0.4, 0.5) is 13.2 Å². The highest BCUT2D eigenvalue weighted by Gasteiger charge is 2.35. The molecule has 1 rings (SSSR count). The lowest BCUT2D eigenvalue weighted by molar-refractivity contribution is -0.166. The lowest BCUT2D eigenvalue weighted by Gasteiger charge is -2.29. The molecule has 0 heterocycles. The van der Waals surface area contributed by atoms with Gasteiger partial charge in [-0.3, -0.25) is 9.59 Å². The Labute approximate surface area is 176 Å². The molecule has 1 aromatic carbocycles. The molecule has 0 aliphatic rings. The molecule has 0 aliphatic carbocycles. The van der Waals surface area contributed by atoms with Crippen molar-refractivity contribution in [2.45, 2.75) is 66.2 Å². The molecule has 0 radical (unpaired) electrons. The van der Waals surface area contributed by atoms with Crippen LogP contribution in [0, 0.1) is 11.3 Å². The van der Waals surface area contributed by atoms with Gasteiger partial charge >= 0.3 is 18.1 Å². The van der Waals surface area contributed by atoms with Gasteiger partial charge in [0.05, 0.1) is 11.0 Å². The first-order chi connectivity index (χ1) is 13.6. The SMILES string of the molecule is C/C=C/[C@H](c1ccc(C(F)(F)F)cc1)[C@@H](COC(=O)C(C)(C)C)C(=O)OC(C)(C)C. The van der Waals surface area contributed by atoms with Gasteiger partial charge in [-0.15, -0.1) is 0 Å². The predicted molar refractivity (Wildman–Crippen MR) is 109 cm³/mol. The van der Waals surface area contributed by atoms with Crippen molar-refractivity contribution in [3.05, 3.63) is 47.5 Å². The zero-order chi connectivity index (χ0) is 23.3. The predicted octanol–water partition coefficient (Wildman–Crippen LogP) is 5.91. The number of carbonyl (C=O) groups excluding carboxylic acids is 2.